The Hall–Kier alpha value is -0.520. The third-order valence-corrected chi connectivity index (χ3v) is 14.9. The highest BCUT2D eigenvalue weighted by Crippen LogP contribution is 2.71. The molecule has 0 N–H and O–H groups in total. The van der Waals surface area contributed by atoms with Crippen LogP contribution in [0.5, 0.6) is 0 Å². The molecule has 0 aromatic rings. The van der Waals surface area contributed by atoms with Gasteiger partial charge in [-0.1, -0.05) is 123 Å². The summed E-state index contributed by atoms with van der Waals surface area (Å²) in [6.45, 7) is 19.4. The zero-order valence-corrected chi connectivity index (χ0v) is 27.8. The lowest BCUT2D eigenvalue weighted by Crippen LogP contribution is -2.57. The van der Waals surface area contributed by atoms with Gasteiger partial charge in [-0.25, -0.2) is 0 Å². The van der Waals surface area contributed by atoms with Gasteiger partial charge in [0.05, 0.1) is 0 Å². The third-order valence-electron chi connectivity index (χ3n) is 14.9. The van der Waals surface area contributed by atoms with Crippen LogP contribution in [0.15, 0.2) is 25.3 Å². The number of rotatable bonds is 9. The number of hydrogen-bond donors (Lipinski definition) is 0. The van der Waals surface area contributed by atoms with Crippen LogP contribution in [0, 0.1) is 45.3 Å². The lowest BCUT2D eigenvalue weighted by atomic mass is 9.40. The first-order valence-electron chi connectivity index (χ1n) is 18.5. The first-order valence-corrected chi connectivity index (χ1v) is 18.5. The lowest BCUT2D eigenvalue weighted by molar-refractivity contribution is -0.158. The van der Waals surface area contributed by atoms with Crippen LogP contribution in [-0.4, -0.2) is 0 Å². The molecule has 7 atom stereocenters. The van der Waals surface area contributed by atoms with Crippen LogP contribution in [0.1, 0.15) is 182 Å². The van der Waals surface area contributed by atoms with E-state index in [9.17, 15) is 0 Å². The molecule has 0 nitrogen and oxygen atoms in total. The zero-order valence-electron chi connectivity index (χ0n) is 27.8. The normalized spacial score (nSPS) is 40.4. The second kappa shape index (κ2) is 14.3. The predicted molar refractivity (Wildman–Crippen MR) is 178 cm³/mol. The summed E-state index contributed by atoms with van der Waals surface area (Å²) >= 11 is 0. The van der Waals surface area contributed by atoms with E-state index < -0.39 is 0 Å². The molecule has 0 radical (unpaired) electrons. The Morgan fingerprint density at radius 1 is 0.625 bits per heavy atom. The molecule has 0 amide bonds. The van der Waals surface area contributed by atoms with Crippen LogP contribution in [0.2, 0.25) is 0 Å². The maximum Gasteiger partial charge on any atom is -0.0210 e. The smallest absolute Gasteiger partial charge is 0.0210 e. The van der Waals surface area contributed by atoms with E-state index in [0.717, 1.165) is 23.7 Å². The highest BCUT2D eigenvalue weighted by Gasteiger charge is 2.63. The average molecular weight is 551 g/mol. The molecule has 4 fully saturated rings. The summed E-state index contributed by atoms with van der Waals surface area (Å²) in [5.41, 5.74) is 1.77. The van der Waals surface area contributed by atoms with Gasteiger partial charge in [-0.15, -0.1) is 13.2 Å². The zero-order chi connectivity index (χ0) is 28.7. The fourth-order valence-electron chi connectivity index (χ4n) is 11.9. The maximum atomic E-state index is 4.15. The van der Waals surface area contributed by atoms with Crippen LogP contribution < -0.4 is 0 Å². The Labute approximate surface area is 252 Å². The molecule has 4 saturated carbocycles. The van der Waals surface area contributed by atoms with Gasteiger partial charge in [0.15, 0.2) is 0 Å². The molecule has 0 saturated heterocycles. The Balaban J connectivity index is 1.59. The van der Waals surface area contributed by atoms with Crippen LogP contribution in [0.25, 0.3) is 0 Å². The van der Waals surface area contributed by atoms with Crippen molar-refractivity contribution in [3.8, 4) is 0 Å². The van der Waals surface area contributed by atoms with Crippen molar-refractivity contribution in [2.75, 3.05) is 0 Å². The Morgan fingerprint density at radius 2 is 1.23 bits per heavy atom. The molecular formula is C40H70. The summed E-state index contributed by atoms with van der Waals surface area (Å²) in [6, 6.07) is 0. The van der Waals surface area contributed by atoms with Crippen molar-refractivity contribution in [2.24, 2.45) is 45.3 Å². The molecule has 4 aliphatic carbocycles. The largest absolute Gasteiger partial charge is 0.103 e. The van der Waals surface area contributed by atoms with E-state index in [4.69, 9.17) is 0 Å². The monoisotopic (exact) mass is 551 g/mol. The first-order chi connectivity index (χ1) is 19.2. The summed E-state index contributed by atoms with van der Waals surface area (Å²) < 4.78 is 0. The fraction of sp³-hybridized carbons (Fsp3) is 0.900. The molecule has 0 heterocycles. The minimum Gasteiger partial charge on any atom is -0.103 e. The van der Waals surface area contributed by atoms with Gasteiger partial charge in [-0.05, 0) is 116 Å². The van der Waals surface area contributed by atoms with E-state index in [1.807, 2.05) is 0 Å². The van der Waals surface area contributed by atoms with Gasteiger partial charge in [0.2, 0.25) is 0 Å². The van der Waals surface area contributed by atoms with Gasteiger partial charge in [-0.3, -0.25) is 0 Å². The second-order valence-corrected chi connectivity index (χ2v) is 16.5. The minimum absolute atomic E-state index is 0.362. The van der Waals surface area contributed by atoms with E-state index in [1.54, 1.807) is 0 Å². The first kappa shape index (κ1) is 32.4. The van der Waals surface area contributed by atoms with Gasteiger partial charge in [0, 0.05) is 0 Å². The average Bonchev–Trinajstić information content (AvgIpc) is 3.60. The maximum absolute atomic E-state index is 4.15. The molecule has 4 rings (SSSR count). The summed E-state index contributed by atoms with van der Waals surface area (Å²) in [6.07, 6.45) is 39.2. The molecule has 0 aromatic heterocycles. The van der Waals surface area contributed by atoms with Crippen LogP contribution in [0.3, 0.4) is 0 Å². The van der Waals surface area contributed by atoms with Crippen molar-refractivity contribution >= 4 is 0 Å². The lowest BCUT2D eigenvalue weighted by Gasteiger charge is -2.64. The molecule has 0 bridgehead atoms. The second-order valence-electron chi connectivity index (χ2n) is 16.5. The quantitative estimate of drug-likeness (QED) is 0.250. The Bertz CT molecular complexity index is 790. The highest BCUT2D eigenvalue weighted by molar-refractivity contribution is 5.12. The van der Waals surface area contributed by atoms with Crippen molar-refractivity contribution in [2.45, 2.75) is 182 Å². The molecule has 0 aromatic carbocycles. The van der Waals surface area contributed by atoms with E-state index in [1.165, 1.54) is 154 Å². The van der Waals surface area contributed by atoms with E-state index >= 15 is 0 Å². The molecule has 230 valence electrons. The SMILES string of the molecule is C=CCCC1CCCC1C1CCCCC(C)(C(C)(C)C2(C)CCCCCCCC23CCCC3CCC=C)CCC1. The predicted octanol–water partition coefficient (Wildman–Crippen LogP) is 13.3. The molecule has 40 heavy (non-hydrogen) atoms. The summed E-state index contributed by atoms with van der Waals surface area (Å²) in [7, 11) is 0. The fourth-order valence-corrected chi connectivity index (χ4v) is 11.9. The molecule has 7 unspecified atom stereocenters. The van der Waals surface area contributed by atoms with Gasteiger partial charge in [-0.2, -0.15) is 0 Å². The molecule has 1 spiro atoms. The Kier molecular flexibility index (Phi) is 11.6. The van der Waals surface area contributed by atoms with Crippen molar-refractivity contribution in [3.05, 3.63) is 25.3 Å². The molecular weight excluding hydrogens is 480 g/mol. The number of allylic oxidation sites excluding steroid dienone is 2. The van der Waals surface area contributed by atoms with Crippen molar-refractivity contribution in [3.63, 3.8) is 0 Å². The van der Waals surface area contributed by atoms with Gasteiger partial charge in [0.25, 0.3) is 0 Å². The third kappa shape index (κ3) is 6.37. The van der Waals surface area contributed by atoms with Crippen LogP contribution in [0.4, 0.5) is 0 Å². The molecule has 4 aliphatic rings. The van der Waals surface area contributed by atoms with E-state index in [2.05, 4.69) is 53.0 Å². The van der Waals surface area contributed by atoms with E-state index in [0.29, 0.717) is 21.7 Å². The Morgan fingerprint density at radius 3 is 2.00 bits per heavy atom. The van der Waals surface area contributed by atoms with Crippen molar-refractivity contribution in [1.82, 2.24) is 0 Å². The highest BCUT2D eigenvalue weighted by atomic mass is 14.7. The summed E-state index contributed by atoms with van der Waals surface area (Å²) in [5.74, 6) is 3.90. The van der Waals surface area contributed by atoms with Crippen molar-refractivity contribution < 1.29 is 0 Å². The molecule has 0 aliphatic heterocycles. The standard InChI is InChI=1S/C40H70/c1-7-9-21-33-23-18-27-36(33)34-22-14-17-28-38(5,29-19-24-34)37(3,4)39(6)30-15-12-11-13-16-31-40(39)32-20-26-35(40)25-10-8-2/h7-8,33-36H,1-2,9-32H2,3-6H3. The number of hydrogen-bond acceptors (Lipinski definition) is 0. The van der Waals surface area contributed by atoms with Gasteiger partial charge < -0.3 is 0 Å². The van der Waals surface area contributed by atoms with Gasteiger partial charge in [0.1, 0.15) is 0 Å². The van der Waals surface area contributed by atoms with Crippen LogP contribution >= 0.6 is 0 Å². The van der Waals surface area contributed by atoms with E-state index in [-0.39, 0.29) is 0 Å². The summed E-state index contributed by atoms with van der Waals surface area (Å²) in [4.78, 5) is 0. The summed E-state index contributed by atoms with van der Waals surface area (Å²) in [5, 5.41) is 0. The van der Waals surface area contributed by atoms with Crippen LogP contribution in [-0.2, 0) is 0 Å². The topological polar surface area (TPSA) is 0 Å². The van der Waals surface area contributed by atoms with Gasteiger partial charge >= 0.3 is 0 Å². The molecule has 0 heteroatoms. The van der Waals surface area contributed by atoms with Crippen molar-refractivity contribution in [1.29, 1.82) is 0 Å². The minimum atomic E-state index is 0.362.